The van der Waals surface area contributed by atoms with Gasteiger partial charge in [-0.05, 0) is 43.3 Å². The molecule has 1 heterocycles. The van der Waals surface area contributed by atoms with Crippen molar-refractivity contribution in [1.82, 2.24) is 4.98 Å². The first kappa shape index (κ1) is 17.8. The molecule has 2 amide bonds. The van der Waals surface area contributed by atoms with Crippen LogP contribution >= 0.6 is 11.3 Å². The van der Waals surface area contributed by atoms with Crippen molar-refractivity contribution in [3.63, 3.8) is 0 Å². The fraction of sp³-hybridized carbons (Fsp3) is 0.222. The second-order valence-electron chi connectivity index (χ2n) is 5.20. The molecule has 2 N–H and O–H groups in total. The lowest BCUT2D eigenvalue weighted by Crippen LogP contribution is -2.19. The van der Waals surface area contributed by atoms with E-state index in [9.17, 15) is 4.79 Å². The highest BCUT2D eigenvalue weighted by Crippen LogP contribution is 2.38. The van der Waals surface area contributed by atoms with Crippen LogP contribution in [0.15, 0.2) is 36.4 Å². The summed E-state index contributed by atoms with van der Waals surface area (Å²) < 4.78 is 16.9. The molecule has 0 atom stereocenters. The van der Waals surface area contributed by atoms with Gasteiger partial charge in [0.1, 0.15) is 27.5 Å². The standard InChI is InChI=1S/C18H19N3O4S/c1-4-25-12-7-5-11(6-8-12)19-17(22)21-18-20-15-13(23-2)9-10-14(24-3)16(15)26-18/h5-10H,4H2,1-3H3,(H2,19,20,21,22). The number of anilines is 2. The molecule has 0 aliphatic carbocycles. The third-order valence-electron chi connectivity index (χ3n) is 3.55. The minimum atomic E-state index is -0.383. The maximum Gasteiger partial charge on any atom is 0.325 e. The summed E-state index contributed by atoms with van der Waals surface area (Å²) in [6.45, 7) is 2.51. The summed E-state index contributed by atoms with van der Waals surface area (Å²) in [6.07, 6.45) is 0. The maximum atomic E-state index is 12.2. The molecule has 0 aliphatic rings. The van der Waals surface area contributed by atoms with Crippen LogP contribution in [0.1, 0.15) is 6.92 Å². The number of carbonyl (C=O) groups is 1. The third-order valence-corrected chi connectivity index (χ3v) is 4.54. The number of nitrogens with one attached hydrogen (secondary N) is 2. The van der Waals surface area contributed by atoms with E-state index < -0.39 is 0 Å². The first-order valence-electron chi connectivity index (χ1n) is 7.97. The lowest BCUT2D eigenvalue weighted by Gasteiger charge is -2.07. The summed E-state index contributed by atoms with van der Waals surface area (Å²) in [7, 11) is 3.17. The van der Waals surface area contributed by atoms with E-state index in [2.05, 4.69) is 15.6 Å². The van der Waals surface area contributed by atoms with Gasteiger partial charge in [0.2, 0.25) is 0 Å². The molecule has 0 spiro atoms. The molecule has 0 fully saturated rings. The molecule has 7 nitrogen and oxygen atoms in total. The number of urea groups is 1. The van der Waals surface area contributed by atoms with Crippen LogP contribution in [0.4, 0.5) is 15.6 Å². The molecule has 0 bridgehead atoms. The lowest BCUT2D eigenvalue weighted by molar-refractivity contribution is 0.262. The zero-order chi connectivity index (χ0) is 18.5. The molecule has 136 valence electrons. The second kappa shape index (κ2) is 7.92. The Balaban J connectivity index is 1.74. The van der Waals surface area contributed by atoms with Crippen molar-refractivity contribution in [2.75, 3.05) is 31.5 Å². The van der Waals surface area contributed by atoms with Gasteiger partial charge in [0.15, 0.2) is 5.13 Å². The second-order valence-corrected chi connectivity index (χ2v) is 6.20. The van der Waals surface area contributed by atoms with Gasteiger partial charge < -0.3 is 19.5 Å². The molecule has 0 radical (unpaired) electrons. The number of thiazole rings is 1. The average molecular weight is 373 g/mol. The van der Waals surface area contributed by atoms with Gasteiger partial charge in [-0.25, -0.2) is 9.78 Å². The number of methoxy groups -OCH3 is 2. The number of hydrogen-bond donors (Lipinski definition) is 2. The molecule has 26 heavy (non-hydrogen) atoms. The summed E-state index contributed by atoms with van der Waals surface area (Å²) >= 11 is 1.32. The van der Waals surface area contributed by atoms with Crippen LogP contribution in [0.25, 0.3) is 10.2 Å². The Labute approximate surface area is 154 Å². The molecule has 8 heteroatoms. The third kappa shape index (κ3) is 3.80. The van der Waals surface area contributed by atoms with Gasteiger partial charge in [0.05, 0.1) is 20.8 Å². The predicted octanol–water partition coefficient (Wildman–Crippen LogP) is 4.36. The Morgan fingerprint density at radius 3 is 2.38 bits per heavy atom. The van der Waals surface area contributed by atoms with Crippen LogP contribution in [-0.4, -0.2) is 31.8 Å². The van der Waals surface area contributed by atoms with Crippen molar-refractivity contribution < 1.29 is 19.0 Å². The number of amides is 2. The molecule has 0 aliphatic heterocycles. The molecular weight excluding hydrogens is 354 g/mol. The number of aromatic nitrogens is 1. The fourth-order valence-electron chi connectivity index (χ4n) is 2.40. The SMILES string of the molecule is CCOc1ccc(NC(=O)Nc2nc3c(OC)ccc(OC)c3s2)cc1. The largest absolute Gasteiger partial charge is 0.495 e. The molecule has 1 aromatic heterocycles. The molecular formula is C18H19N3O4S. The Kier molecular flexibility index (Phi) is 5.43. The number of carbonyl (C=O) groups excluding carboxylic acids is 1. The summed E-state index contributed by atoms with van der Waals surface area (Å²) in [5.74, 6) is 2.05. The molecule has 0 saturated heterocycles. The van der Waals surface area contributed by atoms with Crippen molar-refractivity contribution in [1.29, 1.82) is 0 Å². The Morgan fingerprint density at radius 2 is 1.73 bits per heavy atom. The minimum absolute atomic E-state index is 0.383. The van der Waals surface area contributed by atoms with E-state index in [1.54, 1.807) is 44.6 Å². The number of hydrogen-bond acceptors (Lipinski definition) is 6. The highest BCUT2D eigenvalue weighted by atomic mass is 32.1. The zero-order valence-electron chi connectivity index (χ0n) is 14.7. The Bertz CT molecular complexity index is 868. The first-order chi connectivity index (χ1) is 12.6. The summed E-state index contributed by atoms with van der Waals surface area (Å²) in [6, 6.07) is 10.3. The monoisotopic (exact) mass is 373 g/mol. The fourth-order valence-corrected chi connectivity index (χ4v) is 3.37. The summed E-state index contributed by atoms with van der Waals surface area (Å²) in [4.78, 5) is 16.7. The van der Waals surface area contributed by atoms with Crippen molar-refractivity contribution in [3.05, 3.63) is 36.4 Å². The molecule has 2 aromatic carbocycles. The van der Waals surface area contributed by atoms with Gasteiger partial charge in [-0.2, -0.15) is 0 Å². The van der Waals surface area contributed by atoms with Crippen molar-refractivity contribution in [3.8, 4) is 17.2 Å². The van der Waals surface area contributed by atoms with E-state index in [4.69, 9.17) is 14.2 Å². The van der Waals surface area contributed by atoms with Gasteiger partial charge >= 0.3 is 6.03 Å². The Morgan fingerprint density at radius 1 is 1.04 bits per heavy atom. The number of nitrogens with zero attached hydrogens (tertiary/aromatic N) is 1. The highest BCUT2D eigenvalue weighted by Gasteiger charge is 2.15. The summed E-state index contributed by atoms with van der Waals surface area (Å²) in [5, 5.41) is 5.95. The predicted molar refractivity (Wildman–Crippen MR) is 103 cm³/mol. The van der Waals surface area contributed by atoms with E-state index >= 15 is 0 Å². The highest BCUT2D eigenvalue weighted by molar-refractivity contribution is 7.22. The number of ether oxygens (including phenoxy) is 3. The van der Waals surface area contributed by atoms with Crippen LogP contribution in [-0.2, 0) is 0 Å². The van der Waals surface area contributed by atoms with E-state index in [0.717, 1.165) is 10.4 Å². The minimum Gasteiger partial charge on any atom is -0.495 e. The van der Waals surface area contributed by atoms with Gasteiger partial charge in [-0.15, -0.1) is 0 Å². The number of benzene rings is 2. The molecule has 0 saturated carbocycles. The number of rotatable bonds is 6. The van der Waals surface area contributed by atoms with Crippen LogP contribution in [0.5, 0.6) is 17.2 Å². The summed E-state index contributed by atoms with van der Waals surface area (Å²) in [5.41, 5.74) is 1.30. The van der Waals surface area contributed by atoms with Crippen molar-refractivity contribution >= 4 is 38.4 Å². The quantitative estimate of drug-likeness (QED) is 0.671. The van der Waals surface area contributed by atoms with Gasteiger partial charge in [0.25, 0.3) is 0 Å². The lowest BCUT2D eigenvalue weighted by atomic mass is 10.3. The van der Waals surface area contributed by atoms with E-state index in [1.165, 1.54) is 11.3 Å². The number of fused-ring (bicyclic) bond motifs is 1. The van der Waals surface area contributed by atoms with Gasteiger partial charge in [-0.3, -0.25) is 5.32 Å². The van der Waals surface area contributed by atoms with E-state index in [0.29, 0.717) is 34.4 Å². The Hall–Kier alpha value is -3.00. The van der Waals surface area contributed by atoms with Crippen molar-refractivity contribution in [2.24, 2.45) is 0 Å². The van der Waals surface area contributed by atoms with E-state index in [-0.39, 0.29) is 6.03 Å². The molecule has 3 aromatic rings. The normalized spacial score (nSPS) is 10.4. The average Bonchev–Trinajstić information content (AvgIpc) is 3.06. The maximum absolute atomic E-state index is 12.2. The topological polar surface area (TPSA) is 81.7 Å². The van der Waals surface area contributed by atoms with Gasteiger partial charge in [0, 0.05) is 5.69 Å². The van der Waals surface area contributed by atoms with Gasteiger partial charge in [-0.1, -0.05) is 11.3 Å². The molecule has 0 unspecified atom stereocenters. The molecule has 3 rings (SSSR count). The zero-order valence-corrected chi connectivity index (χ0v) is 15.5. The van der Waals surface area contributed by atoms with E-state index in [1.807, 2.05) is 13.0 Å². The first-order valence-corrected chi connectivity index (χ1v) is 8.78. The van der Waals surface area contributed by atoms with Crippen LogP contribution < -0.4 is 24.8 Å². The van der Waals surface area contributed by atoms with Crippen molar-refractivity contribution in [2.45, 2.75) is 6.92 Å². The van der Waals surface area contributed by atoms with Crippen LogP contribution in [0.3, 0.4) is 0 Å². The van der Waals surface area contributed by atoms with Crippen LogP contribution in [0, 0.1) is 0 Å². The smallest absolute Gasteiger partial charge is 0.325 e. The van der Waals surface area contributed by atoms with Crippen LogP contribution in [0.2, 0.25) is 0 Å².